The number of nitrogens with zero attached hydrogens (tertiary/aromatic N) is 7. The zero-order chi connectivity index (χ0) is 20.4. The van der Waals surface area contributed by atoms with Crippen molar-refractivity contribution in [2.24, 2.45) is 7.05 Å². The van der Waals surface area contributed by atoms with E-state index < -0.39 is 0 Å². The second-order valence-electron chi connectivity index (χ2n) is 6.88. The Morgan fingerprint density at radius 3 is 2.90 bits per heavy atom. The summed E-state index contributed by atoms with van der Waals surface area (Å²) in [6.45, 7) is 4.46. The SMILES string of the molecule is Cc1nc(Nc2nnc(C)s2)cc([C@H]2CCCN2C(=O)/C=C/c2ccnn2C)n1. The summed E-state index contributed by atoms with van der Waals surface area (Å²) in [7, 11) is 1.85. The Morgan fingerprint density at radius 2 is 2.17 bits per heavy atom. The molecule has 0 bridgehead atoms. The zero-order valence-electron chi connectivity index (χ0n) is 16.5. The lowest BCUT2D eigenvalue weighted by atomic mass is 10.1. The first-order chi connectivity index (χ1) is 14.0. The molecule has 9 nitrogen and oxygen atoms in total. The molecule has 0 aromatic carbocycles. The summed E-state index contributed by atoms with van der Waals surface area (Å²) in [5.41, 5.74) is 1.71. The second-order valence-corrected chi connectivity index (χ2v) is 8.06. The van der Waals surface area contributed by atoms with Crippen LogP contribution in [0.4, 0.5) is 10.9 Å². The van der Waals surface area contributed by atoms with Gasteiger partial charge >= 0.3 is 0 Å². The van der Waals surface area contributed by atoms with Crippen molar-refractivity contribution >= 4 is 34.3 Å². The molecule has 3 aromatic rings. The third kappa shape index (κ3) is 4.32. The van der Waals surface area contributed by atoms with E-state index in [4.69, 9.17) is 0 Å². The maximum atomic E-state index is 12.8. The fourth-order valence-corrected chi connectivity index (χ4v) is 4.02. The Bertz CT molecular complexity index is 1060. The van der Waals surface area contributed by atoms with Gasteiger partial charge in [0.05, 0.1) is 17.4 Å². The first kappa shape index (κ1) is 19.2. The number of hydrogen-bond acceptors (Lipinski definition) is 8. The lowest BCUT2D eigenvalue weighted by Gasteiger charge is -2.23. The van der Waals surface area contributed by atoms with E-state index in [-0.39, 0.29) is 11.9 Å². The molecule has 1 saturated heterocycles. The van der Waals surface area contributed by atoms with Gasteiger partial charge in [-0.15, -0.1) is 10.2 Å². The average molecular weight is 411 g/mol. The van der Waals surface area contributed by atoms with Gasteiger partial charge < -0.3 is 10.2 Å². The van der Waals surface area contributed by atoms with E-state index in [0.717, 1.165) is 29.2 Å². The number of anilines is 2. The van der Waals surface area contributed by atoms with Gasteiger partial charge in [-0.3, -0.25) is 9.48 Å². The molecule has 1 aliphatic rings. The molecule has 0 aliphatic carbocycles. The third-order valence-corrected chi connectivity index (χ3v) is 5.51. The highest BCUT2D eigenvalue weighted by Gasteiger charge is 2.30. The van der Waals surface area contributed by atoms with Crippen molar-refractivity contribution in [3.05, 3.63) is 46.6 Å². The minimum atomic E-state index is -0.0721. The highest BCUT2D eigenvalue weighted by Crippen LogP contribution is 2.32. The van der Waals surface area contributed by atoms with Crippen molar-refractivity contribution in [1.29, 1.82) is 0 Å². The van der Waals surface area contributed by atoms with Crippen LogP contribution in [-0.4, -0.2) is 47.3 Å². The van der Waals surface area contributed by atoms with E-state index in [1.54, 1.807) is 23.0 Å². The fraction of sp³-hybridized carbons (Fsp3) is 0.368. The number of amides is 1. The predicted octanol–water partition coefficient (Wildman–Crippen LogP) is 2.80. The summed E-state index contributed by atoms with van der Waals surface area (Å²) < 4.78 is 1.73. The number of rotatable bonds is 5. The number of carbonyl (C=O) groups excluding carboxylic acids is 1. The normalized spacial score (nSPS) is 16.7. The second kappa shape index (κ2) is 8.08. The first-order valence-corrected chi connectivity index (χ1v) is 10.2. The molecular formula is C19H22N8OS. The van der Waals surface area contributed by atoms with Crippen LogP contribution in [0.15, 0.2) is 24.4 Å². The Kier molecular flexibility index (Phi) is 5.34. The summed E-state index contributed by atoms with van der Waals surface area (Å²) in [6.07, 6.45) is 6.92. The fourth-order valence-electron chi connectivity index (χ4n) is 3.42. The molecule has 4 rings (SSSR count). The molecule has 1 fully saturated rings. The first-order valence-electron chi connectivity index (χ1n) is 9.39. The van der Waals surface area contributed by atoms with Crippen LogP contribution in [0.25, 0.3) is 6.08 Å². The summed E-state index contributed by atoms with van der Waals surface area (Å²) in [4.78, 5) is 23.8. The van der Waals surface area contributed by atoms with Crippen LogP contribution >= 0.6 is 11.3 Å². The van der Waals surface area contributed by atoms with Gasteiger partial charge in [-0.1, -0.05) is 11.3 Å². The van der Waals surface area contributed by atoms with Crippen molar-refractivity contribution in [3.63, 3.8) is 0 Å². The molecule has 0 unspecified atom stereocenters. The van der Waals surface area contributed by atoms with Crippen molar-refractivity contribution in [1.82, 2.24) is 34.8 Å². The molecule has 1 atom stereocenters. The number of aryl methyl sites for hydroxylation is 3. The number of hydrogen-bond donors (Lipinski definition) is 1. The molecule has 1 N–H and O–H groups in total. The summed E-state index contributed by atoms with van der Waals surface area (Å²) >= 11 is 1.46. The highest BCUT2D eigenvalue weighted by atomic mass is 32.1. The van der Waals surface area contributed by atoms with Crippen molar-refractivity contribution in [2.45, 2.75) is 32.7 Å². The molecule has 0 spiro atoms. The van der Waals surface area contributed by atoms with E-state index in [1.807, 2.05) is 37.9 Å². The summed E-state index contributed by atoms with van der Waals surface area (Å²) in [5.74, 6) is 1.28. The quantitative estimate of drug-likeness (QED) is 0.645. The van der Waals surface area contributed by atoms with Crippen LogP contribution in [0.2, 0.25) is 0 Å². The predicted molar refractivity (Wildman–Crippen MR) is 111 cm³/mol. The van der Waals surface area contributed by atoms with E-state index >= 15 is 0 Å². The molecule has 1 aliphatic heterocycles. The number of carbonyl (C=O) groups is 1. The van der Waals surface area contributed by atoms with Gasteiger partial charge in [-0.05, 0) is 38.8 Å². The number of likely N-dealkylation sites (tertiary alicyclic amines) is 1. The lowest BCUT2D eigenvalue weighted by molar-refractivity contribution is -0.126. The van der Waals surface area contributed by atoms with Crippen LogP contribution in [0, 0.1) is 13.8 Å². The van der Waals surface area contributed by atoms with Gasteiger partial charge in [0.2, 0.25) is 11.0 Å². The topological polar surface area (TPSA) is 102 Å². The third-order valence-electron chi connectivity index (χ3n) is 4.75. The van der Waals surface area contributed by atoms with E-state index in [9.17, 15) is 4.79 Å². The van der Waals surface area contributed by atoms with Gasteiger partial charge in [0.25, 0.3) is 0 Å². The molecule has 1 amide bonds. The maximum absolute atomic E-state index is 12.8. The molecular weight excluding hydrogens is 388 g/mol. The summed E-state index contributed by atoms with van der Waals surface area (Å²) in [6, 6.07) is 3.69. The van der Waals surface area contributed by atoms with E-state index in [2.05, 4.69) is 30.6 Å². The molecule has 0 radical (unpaired) electrons. The standard InChI is InChI=1S/C19H22N8OS/c1-12-21-15(11-17(22-12)23-19-25-24-13(2)29-19)16-5-4-10-27(16)18(28)7-6-14-8-9-20-26(14)3/h6-9,11,16H,4-5,10H2,1-3H3,(H,21,22,23,25)/b7-6+/t16-/m1/s1. The summed E-state index contributed by atoms with van der Waals surface area (Å²) in [5, 5.41) is 17.0. The molecule has 150 valence electrons. The van der Waals surface area contributed by atoms with E-state index in [0.29, 0.717) is 23.3 Å². The molecule has 10 heteroatoms. The minimum absolute atomic E-state index is 0.0285. The Morgan fingerprint density at radius 1 is 1.31 bits per heavy atom. The van der Waals surface area contributed by atoms with Crippen LogP contribution in [0.1, 0.15) is 41.1 Å². The Labute approximate surface area is 172 Å². The number of nitrogens with one attached hydrogen (secondary N) is 1. The highest BCUT2D eigenvalue weighted by molar-refractivity contribution is 7.15. The van der Waals surface area contributed by atoms with Crippen molar-refractivity contribution in [3.8, 4) is 0 Å². The van der Waals surface area contributed by atoms with Gasteiger partial charge in [-0.2, -0.15) is 5.10 Å². The van der Waals surface area contributed by atoms with Crippen molar-refractivity contribution in [2.75, 3.05) is 11.9 Å². The van der Waals surface area contributed by atoms with Gasteiger partial charge in [0.15, 0.2) is 0 Å². The maximum Gasteiger partial charge on any atom is 0.247 e. The average Bonchev–Trinajstić information content (AvgIpc) is 3.41. The Hall–Kier alpha value is -3.14. The largest absolute Gasteiger partial charge is 0.331 e. The zero-order valence-corrected chi connectivity index (χ0v) is 17.3. The number of aromatic nitrogens is 6. The van der Waals surface area contributed by atoms with Crippen LogP contribution in [-0.2, 0) is 11.8 Å². The molecule has 29 heavy (non-hydrogen) atoms. The molecule has 3 aromatic heterocycles. The molecule has 4 heterocycles. The van der Waals surface area contributed by atoms with Gasteiger partial charge in [0, 0.05) is 31.9 Å². The van der Waals surface area contributed by atoms with Gasteiger partial charge in [-0.25, -0.2) is 9.97 Å². The van der Waals surface area contributed by atoms with Gasteiger partial charge in [0.1, 0.15) is 16.6 Å². The monoisotopic (exact) mass is 410 g/mol. The van der Waals surface area contributed by atoms with Crippen molar-refractivity contribution < 1.29 is 4.79 Å². The van der Waals surface area contributed by atoms with Crippen LogP contribution < -0.4 is 5.32 Å². The van der Waals surface area contributed by atoms with Crippen LogP contribution in [0.5, 0.6) is 0 Å². The minimum Gasteiger partial charge on any atom is -0.331 e. The Balaban J connectivity index is 1.54. The lowest BCUT2D eigenvalue weighted by Crippen LogP contribution is -2.29. The van der Waals surface area contributed by atoms with E-state index in [1.165, 1.54) is 11.3 Å². The smallest absolute Gasteiger partial charge is 0.247 e. The molecule has 0 saturated carbocycles. The van der Waals surface area contributed by atoms with Crippen LogP contribution in [0.3, 0.4) is 0 Å².